The molecule has 0 unspecified atom stereocenters. The van der Waals surface area contributed by atoms with Crippen LogP contribution in [0.3, 0.4) is 0 Å². The fraction of sp³-hybridized carbons (Fsp3) is 0.357. The molecular formula is C14H15BrN2O5. The lowest BCUT2D eigenvalue weighted by atomic mass is 10.2. The van der Waals surface area contributed by atoms with Crippen LogP contribution in [0.5, 0.6) is 5.88 Å². The summed E-state index contributed by atoms with van der Waals surface area (Å²) in [4.78, 5) is 28.1. The standard InChI is InChI=1S/C14H15BrN2O5/c1-7(10-12(18)21-14(2,3)22-13(10)19)16-9-6-5-8(15)11(17-9)20-4/h5-6H,1-4H3,(H,16,17). The molecule has 0 spiro atoms. The van der Waals surface area contributed by atoms with E-state index in [1.54, 1.807) is 19.1 Å². The van der Waals surface area contributed by atoms with Crippen molar-refractivity contribution in [3.05, 3.63) is 27.9 Å². The van der Waals surface area contributed by atoms with Crippen molar-refractivity contribution in [2.75, 3.05) is 12.4 Å². The Bertz CT molecular complexity index is 647. The Labute approximate surface area is 135 Å². The highest BCUT2D eigenvalue weighted by Crippen LogP contribution is 2.27. The highest BCUT2D eigenvalue weighted by atomic mass is 79.9. The lowest BCUT2D eigenvalue weighted by Gasteiger charge is -2.30. The first kappa shape index (κ1) is 16.3. The summed E-state index contributed by atoms with van der Waals surface area (Å²) in [5.41, 5.74) is 0.0883. The number of esters is 2. The molecule has 1 aliphatic heterocycles. The first-order chi connectivity index (χ1) is 10.2. The van der Waals surface area contributed by atoms with E-state index in [1.165, 1.54) is 21.0 Å². The molecule has 0 saturated carbocycles. The second kappa shape index (κ2) is 5.96. The Morgan fingerprint density at radius 1 is 1.27 bits per heavy atom. The molecule has 0 bridgehead atoms. The summed E-state index contributed by atoms with van der Waals surface area (Å²) < 4.78 is 15.9. The largest absolute Gasteiger partial charge is 0.480 e. The first-order valence-corrected chi connectivity index (χ1v) is 7.18. The smallest absolute Gasteiger partial charge is 0.350 e. The van der Waals surface area contributed by atoms with E-state index in [-0.39, 0.29) is 11.3 Å². The van der Waals surface area contributed by atoms with E-state index in [1.807, 2.05) is 0 Å². The van der Waals surface area contributed by atoms with Crippen LogP contribution >= 0.6 is 15.9 Å². The van der Waals surface area contributed by atoms with Gasteiger partial charge in [-0.05, 0) is 35.0 Å². The van der Waals surface area contributed by atoms with Crippen LogP contribution in [0.4, 0.5) is 5.82 Å². The summed E-state index contributed by atoms with van der Waals surface area (Å²) in [6, 6.07) is 3.40. The Hall–Kier alpha value is -2.09. The van der Waals surface area contributed by atoms with Crippen molar-refractivity contribution in [3.8, 4) is 5.88 Å². The minimum Gasteiger partial charge on any atom is -0.480 e. The van der Waals surface area contributed by atoms with Crippen LogP contribution in [0, 0.1) is 0 Å². The van der Waals surface area contributed by atoms with E-state index in [9.17, 15) is 9.59 Å². The number of carbonyl (C=O) groups is 2. The molecule has 1 aliphatic rings. The quantitative estimate of drug-likeness (QED) is 0.496. The van der Waals surface area contributed by atoms with Gasteiger partial charge in [0.15, 0.2) is 5.57 Å². The van der Waals surface area contributed by atoms with Crippen molar-refractivity contribution >= 4 is 33.7 Å². The maximum atomic E-state index is 12.0. The lowest BCUT2D eigenvalue weighted by Crippen LogP contribution is -2.42. The number of carbonyl (C=O) groups excluding carboxylic acids is 2. The van der Waals surface area contributed by atoms with Gasteiger partial charge in [-0.3, -0.25) is 0 Å². The molecule has 0 atom stereocenters. The van der Waals surface area contributed by atoms with E-state index >= 15 is 0 Å². The van der Waals surface area contributed by atoms with Crippen LogP contribution in [0.15, 0.2) is 27.9 Å². The van der Waals surface area contributed by atoms with Gasteiger partial charge in [0, 0.05) is 19.5 Å². The van der Waals surface area contributed by atoms with Crippen LogP contribution in [-0.4, -0.2) is 29.8 Å². The fourth-order valence-corrected chi connectivity index (χ4v) is 2.23. The molecule has 8 heteroatoms. The highest BCUT2D eigenvalue weighted by Gasteiger charge is 2.40. The summed E-state index contributed by atoms with van der Waals surface area (Å²) in [7, 11) is 1.49. The Morgan fingerprint density at radius 2 is 1.86 bits per heavy atom. The van der Waals surface area contributed by atoms with Gasteiger partial charge in [-0.1, -0.05) is 0 Å². The maximum Gasteiger partial charge on any atom is 0.350 e. The molecule has 0 amide bonds. The van der Waals surface area contributed by atoms with Crippen molar-refractivity contribution in [1.29, 1.82) is 0 Å². The van der Waals surface area contributed by atoms with E-state index in [2.05, 4.69) is 26.2 Å². The first-order valence-electron chi connectivity index (χ1n) is 6.38. The number of ether oxygens (including phenoxy) is 3. The van der Waals surface area contributed by atoms with Gasteiger partial charge in [0.25, 0.3) is 5.79 Å². The lowest BCUT2D eigenvalue weighted by molar-refractivity contribution is -0.222. The fourth-order valence-electron chi connectivity index (χ4n) is 1.85. The predicted octanol–water partition coefficient (Wildman–Crippen LogP) is 2.37. The monoisotopic (exact) mass is 370 g/mol. The van der Waals surface area contributed by atoms with Gasteiger partial charge in [-0.2, -0.15) is 4.98 Å². The molecule has 1 aromatic heterocycles. The van der Waals surface area contributed by atoms with Crippen LogP contribution in [0.2, 0.25) is 0 Å². The van der Waals surface area contributed by atoms with Crippen LogP contribution < -0.4 is 10.1 Å². The summed E-state index contributed by atoms with van der Waals surface area (Å²) >= 11 is 3.29. The van der Waals surface area contributed by atoms with E-state index in [0.29, 0.717) is 16.2 Å². The summed E-state index contributed by atoms with van der Waals surface area (Å²) in [6.45, 7) is 4.54. The Kier molecular flexibility index (Phi) is 4.41. The molecule has 0 aromatic carbocycles. The average Bonchev–Trinajstić information content (AvgIpc) is 2.38. The Morgan fingerprint density at radius 3 is 2.41 bits per heavy atom. The van der Waals surface area contributed by atoms with Gasteiger partial charge in [0.2, 0.25) is 5.88 Å². The minimum atomic E-state index is -1.27. The second-order valence-electron chi connectivity index (χ2n) is 4.99. The van der Waals surface area contributed by atoms with Crippen molar-refractivity contribution < 1.29 is 23.8 Å². The molecular weight excluding hydrogens is 356 g/mol. The van der Waals surface area contributed by atoms with E-state index in [4.69, 9.17) is 14.2 Å². The number of hydrogen-bond acceptors (Lipinski definition) is 7. The van der Waals surface area contributed by atoms with E-state index in [0.717, 1.165) is 0 Å². The topological polar surface area (TPSA) is 86.8 Å². The highest BCUT2D eigenvalue weighted by molar-refractivity contribution is 9.10. The minimum absolute atomic E-state index is 0.192. The zero-order chi connectivity index (χ0) is 16.5. The molecule has 22 heavy (non-hydrogen) atoms. The molecule has 1 fully saturated rings. The van der Waals surface area contributed by atoms with E-state index < -0.39 is 17.7 Å². The summed E-state index contributed by atoms with van der Waals surface area (Å²) in [5, 5.41) is 2.87. The second-order valence-corrected chi connectivity index (χ2v) is 5.85. The van der Waals surface area contributed by atoms with Gasteiger partial charge >= 0.3 is 11.9 Å². The number of halogens is 1. The van der Waals surface area contributed by atoms with Gasteiger partial charge in [0.05, 0.1) is 11.6 Å². The number of allylic oxidation sites excluding steroid dienone is 1. The number of nitrogens with zero attached hydrogens (tertiary/aromatic N) is 1. The van der Waals surface area contributed by atoms with Crippen molar-refractivity contribution in [1.82, 2.24) is 4.98 Å². The van der Waals surface area contributed by atoms with Gasteiger partial charge in [-0.25, -0.2) is 9.59 Å². The van der Waals surface area contributed by atoms with Crippen molar-refractivity contribution in [2.24, 2.45) is 0 Å². The normalized spacial score (nSPS) is 16.7. The number of nitrogens with one attached hydrogen (secondary N) is 1. The third-order valence-electron chi connectivity index (χ3n) is 2.78. The van der Waals surface area contributed by atoms with Crippen LogP contribution in [0.1, 0.15) is 20.8 Å². The van der Waals surface area contributed by atoms with Crippen LogP contribution in [-0.2, 0) is 19.1 Å². The zero-order valence-electron chi connectivity index (χ0n) is 12.5. The van der Waals surface area contributed by atoms with Gasteiger partial charge in [-0.15, -0.1) is 0 Å². The number of pyridine rings is 1. The Balaban J connectivity index is 2.29. The molecule has 2 heterocycles. The van der Waals surface area contributed by atoms with Crippen molar-refractivity contribution in [3.63, 3.8) is 0 Å². The SMILES string of the molecule is COc1nc(NC(C)=C2C(=O)OC(C)(C)OC2=O)ccc1Br. The molecule has 1 N–H and O–H groups in total. The molecule has 0 aliphatic carbocycles. The number of hydrogen-bond donors (Lipinski definition) is 1. The molecule has 0 radical (unpaired) electrons. The average molecular weight is 371 g/mol. The predicted molar refractivity (Wildman–Crippen MR) is 81.1 cm³/mol. The van der Waals surface area contributed by atoms with Crippen molar-refractivity contribution in [2.45, 2.75) is 26.6 Å². The maximum absolute atomic E-state index is 12.0. The third kappa shape index (κ3) is 3.38. The molecule has 2 rings (SSSR count). The number of cyclic esters (lactones) is 2. The van der Waals surface area contributed by atoms with Gasteiger partial charge in [0.1, 0.15) is 5.82 Å². The van der Waals surface area contributed by atoms with Crippen LogP contribution in [0.25, 0.3) is 0 Å². The number of anilines is 1. The number of methoxy groups -OCH3 is 1. The molecule has 118 valence electrons. The number of aromatic nitrogens is 1. The molecule has 1 aromatic rings. The summed E-state index contributed by atoms with van der Waals surface area (Å²) in [6.07, 6.45) is 0. The van der Waals surface area contributed by atoms with Gasteiger partial charge < -0.3 is 19.5 Å². The summed E-state index contributed by atoms with van der Waals surface area (Å²) in [5.74, 6) is -1.96. The third-order valence-corrected chi connectivity index (χ3v) is 3.39. The number of rotatable bonds is 3. The molecule has 1 saturated heterocycles. The molecule has 7 nitrogen and oxygen atoms in total. The zero-order valence-corrected chi connectivity index (χ0v) is 14.1.